The van der Waals surface area contributed by atoms with E-state index in [-0.39, 0.29) is 11.5 Å². The van der Waals surface area contributed by atoms with E-state index in [9.17, 15) is 8.42 Å². The maximum Gasteiger partial charge on any atom is 0.150 e. The third-order valence-electron chi connectivity index (χ3n) is 2.40. The first-order chi connectivity index (χ1) is 7.57. The molecule has 0 unspecified atom stereocenters. The van der Waals surface area contributed by atoms with Gasteiger partial charge in [0, 0.05) is 18.5 Å². The Morgan fingerprint density at radius 3 is 2.88 bits per heavy atom. The third-order valence-corrected chi connectivity index (χ3v) is 4.19. The summed E-state index contributed by atoms with van der Waals surface area (Å²) in [6.07, 6.45) is 5.12. The van der Waals surface area contributed by atoms with Crippen molar-refractivity contribution in [1.82, 2.24) is 9.78 Å². The Hall–Kier alpha value is -0.880. The summed E-state index contributed by atoms with van der Waals surface area (Å²) in [5.74, 6) is 0.445. The second-order valence-corrected chi connectivity index (χ2v) is 6.21. The molecule has 0 amide bonds. The van der Waals surface area contributed by atoms with E-state index in [0.717, 1.165) is 12.0 Å². The SMILES string of the molecule is CCS(=O)(=O)CCCn1cc(CCN)cn1. The smallest absolute Gasteiger partial charge is 0.150 e. The Morgan fingerprint density at radius 1 is 1.50 bits per heavy atom. The number of aromatic nitrogens is 2. The van der Waals surface area contributed by atoms with E-state index in [1.54, 1.807) is 17.8 Å². The van der Waals surface area contributed by atoms with Crippen LogP contribution in [0, 0.1) is 0 Å². The molecule has 0 saturated heterocycles. The zero-order valence-electron chi connectivity index (χ0n) is 9.59. The molecule has 0 spiro atoms. The molecule has 1 rings (SSSR count). The molecule has 0 fully saturated rings. The minimum Gasteiger partial charge on any atom is -0.330 e. The van der Waals surface area contributed by atoms with Crippen LogP contribution in [0.15, 0.2) is 12.4 Å². The number of hydrogen-bond donors (Lipinski definition) is 1. The van der Waals surface area contributed by atoms with Gasteiger partial charge in [-0.25, -0.2) is 8.42 Å². The molecule has 92 valence electrons. The van der Waals surface area contributed by atoms with Gasteiger partial charge in [-0.3, -0.25) is 4.68 Å². The van der Waals surface area contributed by atoms with Crippen LogP contribution in [-0.2, 0) is 22.8 Å². The van der Waals surface area contributed by atoms with Crippen molar-refractivity contribution in [1.29, 1.82) is 0 Å². The van der Waals surface area contributed by atoms with E-state index in [4.69, 9.17) is 5.73 Å². The standard InChI is InChI=1S/C10H19N3O2S/c1-2-16(14,15)7-3-6-13-9-10(4-5-11)8-12-13/h8-9H,2-7,11H2,1H3. The van der Waals surface area contributed by atoms with Crippen LogP contribution >= 0.6 is 0 Å². The summed E-state index contributed by atoms with van der Waals surface area (Å²) in [6, 6.07) is 0. The first-order valence-corrected chi connectivity index (χ1v) is 7.31. The predicted octanol–water partition coefficient (Wildman–Crippen LogP) is 0.209. The molecular weight excluding hydrogens is 226 g/mol. The summed E-state index contributed by atoms with van der Waals surface area (Å²) in [6.45, 7) is 2.92. The molecule has 0 aliphatic rings. The molecular formula is C10H19N3O2S. The quantitative estimate of drug-likeness (QED) is 0.745. The van der Waals surface area contributed by atoms with Gasteiger partial charge in [0.2, 0.25) is 0 Å². The molecule has 0 bridgehead atoms. The first-order valence-electron chi connectivity index (χ1n) is 5.49. The highest BCUT2D eigenvalue weighted by Gasteiger charge is 2.06. The van der Waals surface area contributed by atoms with Crippen LogP contribution in [0.4, 0.5) is 0 Å². The van der Waals surface area contributed by atoms with E-state index >= 15 is 0 Å². The number of nitrogens with zero attached hydrogens (tertiary/aromatic N) is 2. The van der Waals surface area contributed by atoms with Crippen molar-refractivity contribution in [2.45, 2.75) is 26.3 Å². The van der Waals surface area contributed by atoms with Gasteiger partial charge in [0.05, 0.1) is 11.9 Å². The second-order valence-electron chi connectivity index (χ2n) is 3.74. The summed E-state index contributed by atoms with van der Waals surface area (Å²) in [7, 11) is -2.85. The van der Waals surface area contributed by atoms with Crippen molar-refractivity contribution >= 4 is 9.84 Å². The van der Waals surface area contributed by atoms with Gasteiger partial charge in [-0.05, 0) is 24.9 Å². The van der Waals surface area contributed by atoms with Crippen molar-refractivity contribution in [3.05, 3.63) is 18.0 Å². The zero-order valence-corrected chi connectivity index (χ0v) is 10.4. The fraction of sp³-hybridized carbons (Fsp3) is 0.700. The van der Waals surface area contributed by atoms with Gasteiger partial charge >= 0.3 is 0 Å². The lowest BCUT2D eigenvalue weighted by Crippen LogP contribution is -2.11. The number of hydrogen-bond acceptors (Lipinski definition) is 4. The van der Waals surface area contributed by atoms with E-state index in [1.165, 1.54) is 0 Å². The van der Waals surface area contributed by atoms with Crippen molar-refractivity contribution in [2.24, 2.45) is 5.73 Å². The van der Waals surface area contributed by atoms with E-state index in [1.807, 2.05) is 6.20 Å². The van der Waals surface area contributed by atoms with Gasteiger partial charge in [-0.15, -0.1) is 0 Å². The molecule has 6 heteroatoms. The number of sulfone groups is 1. The van der Waals surface area contributed by atoms with Crippen molar-refractivity contribution in [2.75, 3.05) is 18.1 Å². The highest BCUT2D eigenvalue weighted by Crippen LogP contribution is 2.01. The Labute approximate surface area is 96.6 Å². The Bertz CT molecular complexity index is 411. The Balaban J connectivity index is 2.37. The monoisotopic (exact) mass is 245 g/mol. The second kappa shape index (κ2) is 6.00. The fourth-order valence-electron chi connectivity index (χ4n) is 1.42. The molecule has 0 aliphatic heterocycles. The zero-order chi connectivity index (χ0) is 12.0. The van der Waals surface area contributed by atoms with E-state index < -0.39 is 9.84 Å². The molecule has 0 radical (unpaired) electrons. The average Bonchev–Trinajstić information content (AvgIpc) is 2.66. The number of rotatable bonds is 7. The molecule has 1 aromatic heterocycles. The Kier molecular flexibility index (Phi) is 4.95. The summed E-state index contributed by atoms with van der Waals surface area (Å²) < 4.78 is 24.3. The molecule has 0 aliphatic carbocycles. The lowest BCUT2D eigenvalue weighted by Gasteiger charge is -2.01. The molecule has 2 N–H and O–H groups in total. The van der Waals surface area contributed by atoms with E-state index in [2.05, 4.69) is 5.10 Å². The average molecular weight is 245 g/mol. The minimum atomic E-state index is -2.85. The topological polar surface area (TPSA) is 78.0 Å². The van der Waals surface area contributed by atoms with Crippen LogP contribution in [0.5, 0.6) is 0 Å². The van der Waals surface area contributed by atoms with Crippen LogP contribution < -0.4 is 5.73 Å². The van der Waals surface area contributed by atoms with Gasteiger partial charge in [0.15, 0.2) is 0 Å². The minimum absolute atomic E-state index is 0.213. The van der Waals surface area contributed by atoms with Crippen LogP contribution in [0.1, 0.15) is 18.9 Å². The molecule has 0 saturated carbocycles. The number of nitrogens with two attached hydrogens (primary N) is 1. The van der Waals surface area contributed by atoms with Gasteiger partial charge in [-0.2, -0.15) is 5.10 Å². The summed E-state index contributed by atoms with van der Waals surface area (Å²) in [4.78, 5) is 0. The van der Waals surface area contributed by atoms with Crippen LogP contribution in [0.2, 0.25) is 0 Å². The van der Waals surface area contributed by atoms with Crippen LogP contribution in [-0.4, -0.2) is 36.2 Å². The Morgan fingerprint density at radius 2 is 2.25 bits per heavy atom. The van der Waals surface area contributed by atoms with Crippen LogP contribution in [0.3, 0.4) is 0 Å². The largest absolute Gasteiger partial charge is 0.330 e. The molecule has 1 heterocycles. The fourth-order valence-corrected chi connectivity index (χ4v) is 2.27. The van der Waals surface area contributed by atoms with Crippen molar-refractivity contribution in [3.8, 4) is 0 Å². The first kappa shape index (κ1) is 13.2. The van der Waals surface area contributed by atoms with Gasteiger partial charge < -0.3 is 5.73 Å². The molecule has 0 aromatic carbocycles. The van der Waals surface area contributed by atoms with Gasteiger partial charge in [0.1, 0.15) is 9.84 Å². The lowest BCUT2D eigenvalue weighted by atomic mass is 10.3. The molecule has 1 aromatic rings. The maximum atomic E-state index is 11.3. The van der Waals surface area contributed by atoms with Gasteiger partial charge in [-0.1, -0.05) is 6.92 Å². The highest BCUT2D eigenvalue weighted by molar-refractivity contribution is 7.91. The van der Waals surface area contributed by atoms with Crippen LogP contribution in [0.25, 0.3) is 0 Å². The summed E-state index contributed by atoms with van der Waals surface area (Å²) in [5, 5.41) is 4.15. The van der Waals surface area contributed by atoms with Crippen molar-refractivity contribution in [3.63, 3.8) is 0 Å². The third kappa shape index (κ3) is 4.32. The van der Waals surface area contributed by atoms with Gasteiger partial charge in [0.25, 0.3) is 0 Å². The molecule has 5 nitrogen and oxygen atoms in total. The van der Waals surface area contributed by atoms with Crippen molar-refractivity contribution < 1.29 is 8.42 Å². The lowest BCUT2D eigenvalue weighted by molar-refractivity contribution is 0.573. The number of aryl methyl sites for hydroxylation is 1. The summed E-state index contributed by atoms with van der Waals surface area (Å²) >= 11 is 0. The van der Waals surface area contributed by atoms with E-state index in [0.29, 0.717) is 19.5 Å². The maximum absolute atomic E-state index is 11.3. The summed E-state index contributed by atoms with van der Waals surface area (Å²) in [5.41, 5.74) is 6.53. The highest BCUT2D eigenvalue weighted by atomic mass is 32.2. The normalized spacial score (nSPS) is 11.9. The molecule has 0 atom stereocenters. The predicted molar refractivity (Wildman–Crippen MR) is 63.9 cm³/mol. The molecule has 16 heavy (non-hydrogen) atoms.